The Morgan fingerprint density at radius 3 is 1.46 bits per heavy atom. The van der Waals surface area contributed by atoms with Crippen molar-refractivity contribution >= 4 is 43.4 Å². The van der Waals surface area contributed by atoms with Gasteiger partial charge in [-0.15, -0.1) is 0 Å². The number of rotatable bonds is 5. The fourth-order valence-electron chi connectivity index (χ4n) is 8.67. The molecule has 0 radical (unpaired) electrons. The lowest BCUT2D eigenvalue weighted by Crippen LogP contribution is -1.93. The van der Waals surface area contributed by atoms with Crippen molar-refractivity contribution in [2.75, 3.05) is 7.11 Å². The van der Waals surface area contributed by atoms with Crippen molar-refractivity contribution in [3.63, 3.8) is 0 Å². The van der Waals surface area contributed by atoms with Crippen LogP contribution in [0.3, 0.4) is 0 Å². The monoisotopic (exact) mass is 688 g/mol. The number of benzene rings is 8. The molecule has 0 unspecified atom stereocenters. The zero-order chi connectivity index (χ0) is 35.8. The molecule has 0 N–H and O–H groups in total. The van der Waals surface area contributed by atoms with E-state index in [-0.39, 0.29) is 0 Å². The first-order chi connectivity index (χ1) is 26.7. The van der Waals surface area contributed by atoms with Crippen molar-refractivity contribution in [3.8, 4) is 72.8 Å². The third-order valence-corrected chi connectivity index (χ3v) is 11.1. The molecule has 0 bridgehead atoms. The molecule has 3 nitrogen and oxygen atoms in total. The molecule has 0 saturated heterocycles. The van der Waals surface area contributed by atoms with Crippen LogP contribution in [0.15, 0.2) is 176 Å². The van der Waals surface area contributed by atoms with Crippen LogP contribution in [0, 0.1) is 0 Å². The molecule has 0 atom stereocenters. The van der Waals surface area contributed by atoms with Gasteiger partial charge in [-0.1, -0.05) is 140 Å². The Morgan fingerprint density at radius 2 is 0.852 bits per heavy atom. The predicted octanol–water partition coefficient (Wildman–Crippen LogP) is 13.4. The largest absolute Gasteiger partial charge is 0.497 e. The second kappa shape index (κ2) is 12.0. The Labute approximate surface area is 312 Å². The lowest BCUT2D eigenvalue weighted by atomic mass is 9.82. The Bertz CT molecular complexity index is 3020. The van der Waals surface area contributed by atoms with E-state index in [0.717, 1.165) is 50.1 Å². The number of aromatic nitrogens is 2. The van der Waals surface area contributed by atoms with Crippen molar-refractivity contribution < 1.29 is 4.74 Å². The van der Waals surface area contributed by atoms with Crippen LogP contribution in [0.5, 0.6) is 5.75 Å². The zero-order valence-electron chi connectivity index (χ0n) is 29.5. The number of pyridine rings is 2. The first kappa shape index (κ1) is 30.5. The molecule has 0 saturated carbocycles. The minimum Gasteiger partial charge on any atom is -0.497 e. The molecule has 0 fully saturated rings. The average Bonchev–Trinajstić information content (AvgIpc) is 3.57. The van der Waals surface area contributed by atoms with Crippen molar-refractivity contribution in [3.05, 3.63) is 176 Å². The summed E-state index contributed by atoms with van der Waals surface area (Å²) in [5.74, 6) is 0.825. The lowest BCUT2D eigenvalue weighted by Gasteiger charge is -2.20. The van der Waals surface area contributed by atoms with Crippen LogP contribution in [0.2, 0.25) is 0 Å². The van der Waals surface area contributed by atoms with Gasteiger partial charge in [-0.3, -0.25) is 0 Å². The highest BCUT2D eigenvalue weighted by atomic mass is 16.5. The van der Waals surface area contributed by atoms with Gasteiger partial charge in [0.15, 0.2) is 0 Å². The highest BCUT2D eigenvalue weighted by Gasteiger charge is 2.31. The summed E-state index contributed by atoms with van der Waals surface area (Å²) in [6, 6.07) is 63.0. The fraction of sp³-hybridized carbons (Fsp3) is 0.0196. The van der Waals surface area contributed by atoms with E-state index in [1.807, 2.05) is 12.1 Å². The quantitative estimate of drug-likeness (QED) is 0.169. The van der Waals surface area contributed by atoms with Gasteiger partial charge in [-0.05, 0) is 102 Å². The summed E-state index contributed by atoms with van der Waals surface area (Å²) in [6.07, 6.45) is 0. The average molecular weight is 689 g/mol. The number of ether oxygens (including phenoxy) is 1. The second-order valence-electron chi connectivity index (χ2n) is 14.0. The molecule has 1 aliphatic carbocycles. The SMILES string of the molecule is COc1ccc(-c2ccc3ccc4ccc(-c5ccc6c7c(cccc57)-c5c-6c(-c6ccccc6)c6ccccc6c5-c5ccccc5)nc4c3n2)cc1. The number of fused-ring (bicyclic) bond motifs is 7. The molecule has 1 aliphatic rings. The fourth-order valence-corrected chi connectivity index (χ4v) is 8.67. The molecule has 3 heteroatoms. The van der Waals surface area contributed by atoms with Gasteiger partial charge in [-0.25, -0.2) is 9.97 Å². The summed E-state index contributed by atoms with van der Waals surface area (Å²) in [5, 5.41) is 7.12. The van der Waals surface area contributed by atoms with Gasteiger partial charge in [0.2, 0.25) is 0 Å². The normalized spacial score (nSPS) is 11.8. The molecule has 11 rings (SSSR count). The van der Waals surface area contributed by atoms with Crippen LogP contribution in [-0.4, -0.2) is 17.1 Å². The van der Waals surface area contributed by atoms with E-state index in [0.29, 0.717) is 0 Å². The van der Waals surface area contributed by atoms with Crippen LogP contribution in [0.25, 0.3) is 110 Å². The van der Waals surface area contributed by atoms with Crippen molar-refractivity contribution in [1.82, 2.24) is 9.97 Å². The second-order valence-corrected chi connectivity index (χ2v) is 14.0. The third-order valence-electron chi connectivity index (χ3n) is 11.1. The van der Waals surface area contributed by atoms with E-state index >= 15 is 0 Å². The molecular formula is C51H32N2O. The van der Waals surface area contributed by atoms with Gasteiger partial charge in [0.05, 0.1) is 29.5 Å². The van der Waals surface area contributed by atoms with Gasteiger partial charge >= 0.3 is 0 Å². The topological polar surface area (TPSA) is 35.0 Å². The highest BCUT2D eigenvalue weighted by molar-refractivity contribution is 6.28. The maximum Gasteiger partial charge on any atom is 0.118 e. The summed E-state index contributed by atoms with van der Waals surface area (Å²) in [7, 11) is 1.69. The highest BCUT2D eigenvalue weighted by Crippen LogP contribution is 2.58. The standard InChI is InChI=1S/C51H32N2O/c1-54-36-25-21-31(22-26-36)43-29-23-34-19-20-35-24-30-44(53-51(35)50(34)52-43)37-27-28-42-47-38(37)17-10-18-41(47)48-45(32-11-4-2-5-12-32)39-15-8-9-16-40(39)46(49(42)48)33-13-6-3-7-14-33/h2-30H,1H3. The Hall–Kier alpha value is -7.10. The smallest absolute Gasteiger partial charge is 0.118 e. The zero-order valence-corrected chi connectivity index (χ0v) is 29.5. The van der Waals surface area contributed by atoms with Crippen molar-refractivity contribution in [2.45, 2.75) is 0 Å². The first-order valence-corrected chi connectivity index (χ1v) is 18.4. The Balaban J connectivity index is 1.17. The van der Waals surface area contributed by atoms with E-state index in [1.165, 1.54) is 66.1 Å². The van der Waals surface area contributed by atoms with Gasteiger partial charge in [0.1, 0.15) is 5.75 Å². The molecule has 2 aromatic heterocycles. The molecule has 0 spiro atoms. The van der Waals surface area contributed by atoms with Crippen LogP contribution in [0.4, 0.5) is 0 Å². The van der Waals surface area contributed by atoms with E-state index < -0.39 is 0 Å². The number of nitrogens with zero attached hydrogens (tertiary/aromatic N) is 2. The molecule has 0 amide bonds. The first-order valence-electron chi connectivity index (χ1n) is 18.4. The number of methoxy groups -OCH3 is 1. The molecule has 8 aromatic carbocycles. The summed E-state index contributed by atoms with van der Waals surface area (Å²) in [5.41, 5.74) is 15.9. The summed E-state index contributed by atoms with van der Waals surface area (Å²) in [4.78, 5) is 10.6. The maximum absolute atomic E-state index is 5.41. The number of hydrogen-bond acceptors (Lipinski definition) is 3. The summed E-state index contributed by atoms with van der Waals surface area (Å²) in [6.45, 7) is 0. The Kier molecular flexibility index (Phi) is 6.77. The molecule has 252 valence electrons. The van der Waals surface area contributed by atoms with Crippen LogP contribution in [-0.2, 0) is 0 Å². The van der Waals surface area contributed by atoms with E-state index in [1.54, 1.807) is 7.11 Å². The van der Waals surface area contributed by atoms with Gasteiger partial charge in [0.25, 0.3) is 0 Å². The van der Waals surface area contributed by atoms with Gasteiger partial charge in [-0.2, -0.15) is 0 Å². The van der Waals surface area contributed by atoms with Crippen LogP contribution >= 0.6 is 0 Å². The minimum atomic E-state index is 0.825. The van der Waals surface area contributed by atoms with E-state index in [2.05, 4.69) is 164 Å². The minimum absolute atomic E-state index is 0.825. The molecule has 10 aromatic rings. The molecule has 0 aliphatic heterocycles. The van der Waals surface area contributed by atoms with Crippen molar-refractivity contribution in [2.24, 2.45) is 0 Å². The van der Waals surface area contributed by atoms with Gasteiger partial charge < -0.3 is 4.74 Å². The van der Waals surface area contributed by atoms with Gasteiger partial charge in [0, 0.05) is 21.9 Å². The van der Waals surface area contributed by atoms with Crippen LogP contribution < -0.4 is 4.74 Å². The number of hydrogen-bond donors (Lipinski definition) is 0. The summed E-state index contributed by atoms with van der Waals surface area (Å²) < 4.78 is 5.40. The summed E-state index contributed by atoms with van der Waals surface area (Å²) >= 11 is 0. The third kappa shape index (κ3) is 4.55. The predicted molar refractivity (Wildman–Crippen MR) is 225 cm³/mol. The van der Waals surface area contributed by atoms with Crippen molar-refractivity contribution in [1.29, 1.82) is 0 Å². The molecule has 54 heavy (non-hydrogen) atoms. The van der Waals surface area contributed by atoms with Crippen LogP contribution in [0.1, 0.15) is 0 Å². The molecule has 2 heterocycles. The lowest BCUT2D eigenvalue weighted by molar-refractivity contribution is 0.415. The maximum atomic E-state index is 5.41. The Morgan fingerprint density at radius 1 is 0.352 bits per heavy atom. The molecular weight excluding hydrogens is 657 g/mol. The van der Waals surface area contributed by atoms with E-state index in [9.17, 15) is 0 Å². The van der Waals surface area contributed by atoms with E-state index in [4.69, 9.17) is 14.7 Å².